The van der Waals surface area contributed by atoms with Crippen LogP contribution in [-0.4, -0.2) is 89.0 Å². The van der Waals surface area contributed by atoms with Crippen LogP contribution in [0.5, 0.6) is 5.75 Å². The van der Waals surface area contributed by atoms with Crippen molar-refractivity contribution in [1.29, 1.82) is 5.26 Å². The summed E-state index contributed by atoms with van der Waals surface area (Å²) in [6.45, 7) is 10.6. The smallest absolute Gasteiger partial charge is 0.288 e. The predicted octanol–water partition coefficient (Wildman–Crippen LogP) is 1.65. The van der Waals surface area contributed by atoms with Crippen LogP contribution in [0.1, 0.15) is 38.4 Å². The van der Waals surface area contributed by atoms with Gasteiger partial charge in [-0.05, 0) is 6.92 Å². The van der Waals surface area contributed by atoms with Crippen molar-refractivity contribution < 1.29 is 22.3 Å². The van der Waals surface area contributed by atoms with E-state index in [9.17, 15) is 18.5 Å². The third-order valence-electron chi connectivity index (χ3n) is 7.73. The fourth-order valence-electron chi connectivity index (χ4n) is 5.49. The minimum absolute atomic E-state index is 0.0614. The van der Waals surface area contributed by atoms with Crippen molar-refractivity contribution in [2.75, 3.05) is 42.3 Å². The molecule has 2 saturated heterocycles. The molecule has 12 nitrogen and oxygen atoms in total. The molecule has 14 heteroatoms. The summed E-state index contributed by atoms with van der Waals surface area (Å²) in [5.74, 6) is 0.660. The van der Waals surface area contributed by atoms with Crippen LogP contribution in [0.4, 0.5) is 21.8 Å². The van der Waals surface area contributed by atoms with E-state index in [4.69, 9.17) is 4.74 Å². The SMILES string of the molecule is C=C[C@H]1CN(C(=O)C2(F)CCS2(=O)=O)[C@H](C)CN1c1ncnc2c1C(C)(C)CN2c1cc(OC)c(C#N)nn1. The van der Waals surface area contributed by atoms with Gasteiger partial charge < -0.3 is 19.4 Å². The highest BCUT2D eigenvalue weighted by molar-refractivity contribution is 7.94. The maximum absolute atomic E-state index is 15.2. The zero-order valence-corrected chi connectivity index (χ0v) is 22.9. The van der Waals surface area contributed by atoms with Gasteiger partial charge >= 0.3 is 0 Å². The van der Waals surface area contributed by atoms with Crippen LogP contribution in [0.15, 0.2) is 25.0 Å². The Balaban J connectivity index is 1.50. The highest BCUT2D eigenvalue weighted by Crippen LogP contribution is 2.47. The van der Waals surface area contributed by atoms with Crippen LogP contribution in [-0.2, 0) is 20.0 Å². The summed E-state index contributed by atoms with van der Waals surface area (Å²) < 4.78 is 44.7. The second-order valence-corrected chi connectivity index (χ2v) is 12.9. The van der Waals surface area contributed by atoms with E-state index in [1.54, 1.807) is 19.1 Å². The number of hydrogen-bond donors (Lipinski definition) is 0. The van der Waals surface area contributed by atoms with Crippen molar-refractivity contribution >= 4 is 33.2 Å². The van der Waals surface area contributed by atoms with Crippen molar-refractivity contribution in [2.24, 2.45) is 0 Å². The van der Waals surface area contributed by atoms with Gasteiger partial charge in [-0.1, -0.05) is 19.9 Å². The molecule has 0 bridgehead atoms. The molecule has 0 aromatic carbocycles. The first-order chi connectivity index (χ1) is 18.4. The van der Waals surface area contributed by atoms with Gasteiger partial charge in [0.25, 0.3) is 10.9 Å². The van der Waals surface area contributed by atoms with Crippen LogP contribution in [0.3, 0.4) is 0 Å². The maximum Gasteiger partial charge on any atom is 0.288 e. The Hall–Kier alpha value is -3.86. The summed E-state index contributed by atoms with van der Waals surface area (Å²) in [5, 5.41) is 14.6. The number of rotatable bonds is 5. The standard InChI is InChI=1S/C25H29FN8O4S/c1-6-16-12-32(23(35)25(26)7-8-39(25,36)37)15(2)11-33(16)21-20-22(29-14-28-21)34(13-24(20,3)4)19-9-18(38-5)17(10-27)30-31-19/h6,9,14-16H,1,7-8,11-13H2,2-5H3/t15-,16+,25?/m1/s1. The van der Waals surface area contributed by atoms with Crippen molar-refractivity contribution in [3.63, 3.8) is 0 Å². The van der Waals surface area contributed by atoms with Gasteiger partial charge in [-0.25, -0.2) is 22.8 Å². The van der Waals surface area contributed by atoms with Crippen LogP contribution < -0.4 is 14.5 Å². The summed E-state index contributed by atoms with van der Waals surface area (Å²) in [4.78, 5) is 27.4. The molecule has 2 aromatic heterocycles. The average Bonchev–Trinajstić information content (AvgIpc) is 3.21. The molecule has 0 aliphatic carbocycles. The summed E-state index contributed by atoms with van der Waals surface area (Å²) >= 11 is 0. The van der Waals surface area contributed by atoms with E-state index >= 15 is 4.39 Å². The van der Waals surface area contributed by atoms with Crippen molar-refractivity contribution in [3.8, 4) is 11.8 Å². The van der Waals surface area contributed by atoms with Gasteiger partial charge in [-0.3, -0.25) is 4.79 Å². The van der Waals surface area contributed by atoms with Gasteiger partial charge in [0.1, 0.15) is 24.0 Å². The Morgan fingerprint density at radius 2 is 2.00 bits per heavy atom. The number of fused-ring (bicyclic) bond motifs is 1. The van der Waals surface area contributed by atoms with E-state index in [0.717, 1.165) is 5.56 Å². The first-order valence-corrected chi connectivity index (χ1v) is 14.1. The molecule has 0 N–H and O–H groups in total. The second-order valence-electron chi connectivity index (χ2n) is 10.7. The summed E-state index contributed by atoms with van der Waals surface area (Å²) in [6, 6.07) is 2.66. The lowest BCUT2D eigenvalue weighted by molar-refractivity contribution is -0.142. The molecule has 5 heterocycles. The lowest BCUT2D eigenvalue weighted by Crippen LogP contribution is -2.66. The number of amides is 1. The van der Waals surface area contributed by atoms with E-state index in [2.05, 4.69) is 26.7 Å². The normalized spacial score (nSPS) is 26.8. The number of alkyl halides is 1. The third-order valence-corrected chi connectivity index (χ3v) is 9.83. The monoisotopic (exact) mass is 556 g/mol. The van der Waals surface area contributed by atoms with Crippen molar-refractivity contribution in [1.82, 2.24) is 25.1 Å². The molecule has 2 fully saturated rings. The molecule has 3 aliphatic rings. The largest absolute Gasteiger partial charge is 0.493 e. The number of carbonyl (C=O) groups excluding carboxylic acids is 1. The van der Waals surface area contributed by atoms with Crippen LogP contribution in [0.25, 0.3) is 0 Å². The first-order valence-electron chi connectivity index (χ1n) is 12.4. The fraction of sp³-hybridized carbons (Fsp3) is 0.520. The molecule has 0 saturated carbocycles. The number of sulfone groups is 1. The van der Waals surface area contributed by atoms with Gasteiger partial charge in [0.15, 0.2) is 21.4 Å². The molecule has 5 rings (SSSR count). The van der Waals surface area contributed by atoms with Gasteiger partial charge in [-0.15, -0.1) is 16.8 Å². The van der Waals surface area contributed by atoms with Gasteiger partial charge in [0.2, 0.25) is 5.69 Å². The molecule has 39 heavy (non-hydrogen) atoms. The molecular formula is C25H29FN8O4S. The van der Waals surface area contributed by atoms with E-state index in [1.807, 2.05) is 29.7 Å². The summed E-state index contributed by atoms with van der Waals surface area (Å²) in [6.07, 6.45) is 2.76. The molecular weight excluding hydrogens is 527 g/mol. The number of anilines is 3. The zero-order chi connectivity index (χ0) is 28.3. The van der Waals surface area contributed by atoms with E-state index in [1.165, 1.54) is 18.3 Å². The molecule has 1 amide bonds. The molecule has 0 radical (unpaired) electrons. The Morgan fingerprint density at radius 3 is 2.59 bits per heavy atom. The first kappa shape index (κ1) is 26.7. The topological polar surface area (TPSA) is 146 Å². The number of carbonyl (C=O) groups is 1. The summed E-state index contributed by atoms with van der Waals surface area (Å²) in [7, 11) is -2.66. The molecule has 0 spiro atoms. The van der Waals surface area contributed by atoms with E-state index < -0.39 is 38.2 Å². The Bertz CT molecular complexity index is 1510. The minimum atomic E-state index is -4.11. The number of piperazine rings is 1. The van der Waals surface area contributed by atoms with Crippen LogP contribution in [0.2, 0.25) is 0 Å². The number of methoxy groups -OCH3 is 1. The third kappa shape index (κ3) is 3.98. The Kier molecular flexibility index (Phi) is 6.25. The molecule has 206 valence electrons. The minimum Gasteiger partial charge on any atom is -0.493 e. The number of nitriles is 1. The maximum atomic E-state index is 15.2. The van der Waals surface area contributed by atoms with Crippen molar-refractivity contribution in [2.45, 2.75) is 49.7 Å². The van der Waals surface area contributed by atoms with Gasteiger partial charge in [0.05, 0.1) is 18.9 Å². The highest BCUT2D eigenvalue weighted by atomic mass is 32.2. The van der Waals surface area contributed by atoms with E-state index in [0.29, 0.717) is 29.7 Å². The lowest BCUT2D eigenvalue weighted by Gasteiger charge is -2.48. The Labute approximate surface area is 226 Å². The quantitative estimate of drug-likeness (QED) is 0.496. The van der Waals surface area contributed by atoms with Crippen LogP contribution >= 0.6 is 0 Å². The van der Waals surface area contributed by atoms with Gasteiger partial charge in [0, 0.05) is 49.1 Å². The fourth-order valence-corrected chi connectivity index (χ4v) is 6.77. The predicted molar refractivity (Wildman–Crippen MR) is 140 cm³/mol. The van der Waals surface area contributed by atoms with Gasteiger partial charge in [-0.2, -0.15) is 5.26 Å². The second kappa shape index (κ2) is 9.11. The van der Waals surface area contributed by atoms with Crippen molar-refractivity contribution in [3.05, 3.63) is 36.3 Å². The zero-order valence-electron chi connectivity index (χ0n) is 22.1. The number of hydrogen-bond acceptors (Lipinski definition) is 11. The van der Waals surface area contributed by atoms with E-state index in [-0.39, 0.29) is 31.0 Å². The number of nitrogens with zero attached hydrogens (tertiary/aromatic N) is 8. The number of halogens is 1. The number of aromatic nitrogens is 4. The Morgan fingerprint density at radius 1 is 1.28 bits per heavy atom. The highest BCUT2D eigenvalue weighted by Gasteiger charge is 2.61. The molecule has 3 atom stereocenters. The average molecular weight is 557 g/mol. The molecule has 2 aromatic rings. The lowest BCUT2D eigenvalue weighted by atomic mass is 9.87. The summed E-state index contributed by atoms with van der Waals surface area (Å²) in [5.41, 5.74) is 0.473. The van der Waals surface area contributed by atoms with Crippen LogP contribution in [0, 0.1) is 11.3 Å². The molecule has 3 aliphatic heterocycles. The molecule has 1 unspecified atom stereocenters. The number of ether oxygens (including phenoxy) is 1.